The van der Waals surface area contributed by atoms with Crippen LogP contribution < -0.4 is 0 Å². The molecule has 9 heteroatoms. The van der Waals surface area contributed by atoms with Crippen LogP contribution in [0.4, 0.5) is 0 Å². The van der Waals surface area contributed by atoms with Crippen molar-refractivity contribution in [2.24, 2.45) is 0 Å². The van der Waals surface area contributed by atoms with Crippen molar-refractivity contribution in [3.05, 3.63) is 86.9 Å². The minimum atomic E-state index is -1.28. The van der Waals surface area contributed by atoms with Gasteiger partial charge in [-0.05, 0) is 25.0 Å². The number of aromatic hydroxyl groups is 1. The molecule has 188 valence electrons. The fourth-order valence-corrected chi connectivity index (χ4v) is 5.60. The molecule has 0 saturated carbocycles. The van der Waals surface area contributed by atoms with Crippen LogP contribution in [0.15, 0.2) is 60.3 Å². The molecule has 2 aromatic carbocycles. The Morgan fingerprint density at radius 3 is 2.49 bits per heavy atom. The Balaban J connectivity index is 1.65. The zero-order valence-corrected chi connectivity index (χ0v) is 20.6. The van der Waals surface area contributed by atoms with Crippen molar-refractivity contribution < 1.29 is 30.0 Å². The van der Waals surface area contributed by atoms with Crippen LogP contribution in [-0.2, 0) is 13.0 Å². The molecule has 0 atom stereocenters. The average molecular weight is 517 g/mol. The summed E-state index contributed by atoms with van der Waals surface area (Å²) in [6.45, 7) is 1.39. The number of H-pyrrole nitrogens is 2. The number of hydrogen-bond acceptors (Lipinski definition) is 6. The lowest BCUT2D eigenvalue weighted by molar-refractivity contribution is 0.0702. The van der Waals surface area contributed by atoms with E-state index in [2.05, 4.69) is 9.97 Å². The van der Waals surface area contributed by atoms with Crippen LogP contribution in [0.25, 0.3) is 32.9 Å². The number of benzene rings is 2. The first-order chi connectivity index (χ1) is 17.8. The summed E-state index contributed by atoms with van der Waals surface area (Å²) in [5.41, 5.74) is 4.20. The Kier molecular flexibility index (Phi) is 6.43. The number of rotatable bonds is 8. The van der Waals surface area contributed by atoms with E-state index in [0.29, 0.717) is 50.9 Å². The van der Waals surface area contributed by atoms with Gasteiger partial charge in [0.2, 0.25) is 5.78 Å². The summed E-state index contributed by atoms with van der Waals surface area (Å²) in [6.07, 6.45) is 4.02. The van der Waals surface area contributed by atoms with Crippen LogP contribution in [0, 0.1) is 0 Å². The Hall–Kier alpha value is -4.18. The molecule has 0 amide bonds. The second kappa shape index (κ2) is 9.70. The van der Waals surface area contributed by atoms with E-state index in [1.165, 1.54) is 0 Å². The van der Waals surface area contributed by atoms with Gasteiger partial charge in [0.05, 0.1) is 18.8 Å². The van der Waals surface area contributed by atoms with E-state index in [1.807, 2.05) is 25.1 Å². The number of carbonyl (C=O) groups is 2. The van der Waals surface area contributed by atoms with Gasteiger partial charge >= 0.3 is 5.97 Å². The van der Waals surface area contributed by atoms with E-state index in [4.69, 9.17) is 0 Å². The fraction of sp³-hybridized carbons (Fsp3) is 0.143. The quantitative estimate of drug-likeness (QED) is 0.127. The van der Waals surface area contributed by atoms with Gasteiger partial charge in [0.15, 0.2) is 0 Å². The SMILES string of the molecule is CC(=CCc1cccc2c(C(=O)c3sc(C(=O)O)c(-c4c(CO)[nH]c5ccccc45)c3O)c[nH]c12)CO. The number of ketones is 1. The lowest BCUT2D eigenvalue weighted by Gasteiger charge is -2.05. The van der Waals surface area contributed by atoms with Gasteiger partial charge in [0.1, 0.15) is 15.5 Å². The molecule has 3 aromatic heterocycles. The van der Waals surface area contributed by atoms with Crippen molar-refractivity contribution >= 4 is 44.9 Å². The third-order valence-corrected chi connectivity index (χ3v) is 7.61. The summed E-state index contributed by atoms with van der Waals surface area (Å²) in [7, 11) is 0. The monoisotopic (exact) mass is 516 g/mol. The molecule has 6 N–H and O–H groups in total. The number of thiophene rings is 1. The summed E-state index contributed by atoms with van der Waals surface area (Å²) >= 11 is 0.711. The molecule has 0 aliphatic rings. The van der Waals surface area contributed by atoms with Gasteiger partial charge in [-0.1, -0.05) is 48.0 Å². The molecule has 0 radical (unpaired) electrons. The van der Waals surface area contributed by atoms with Gasteiger partial charge in [-0.15, -0.1) is 11.3 Å². The molecule has 0 fully saturated rings. The summed E-state index contributed by atoms with van der Waals surface area (Å²) < 4.78 is 0. The molecular formula is C28H24N2O6S. The molecule has 0 aliphatic carbocycles. The highest BCUT2D eigenvalue weighted by atomic mass is 32.1. The van der Waals surface area contributed by atoms with Gasteiger partial charge < -0.3 is 30.4 Å². The van der Waals surface area contributed by atoms with Gasteiger partial charge in [0.25, 0.3) is 0 Å². The first kappa shape index (κ1) is 24.5. The largest absolute Gasteiger partial charge is 0.506 e. The van der Waals surface area contributed by atoms with E-state index in [9.17, 15) is 30.0 Å². The van der Waals surface area contributed by atoms with Crippen LogP contribution in [-0.4, -0.2) is 48.8 Å². The van der Waals surface area contributed by atoms with Gasteiger partial charge in [-0.3, -0.25) is 4.79 Å². The number of hydrogen-bond donors (Lipinski definition) is 6. The number of carbonyl (C=O) groups excluding carboxylic acids is 1. The molecule has 0 unspecified atom stereocenters. The first-order valence-corrected chi connectivity index (χ1v) is 12.4. The number of fused-ring (bicyclic) bond motifs is 2. The molecule has 0 spiro atoms. The summed E-state index contributed by atoms with van der Waals surface area (Å²) in [4.78, 5) is 31.8. The number of aromatic nitrogens is 2. The van der Waals surface area contributed by atoms with E-state index in [-0.39, 0.29) is 21.9 Å². The second-order valence-electron chi connectivity index (χ2n) is 8.76. The maximum atomic E-state index is 13.7. The van der Waals surface area contributed by atoms with Crippen LogP contribution in [0.3, 0.4) is 0 Å². The Labute approximate surface area is 215 Å². The van der Waals surface area contributed by atoms with E-state index in [1.54, 1.807) is 36.5 Å². The number of para-hydroxylation sites is 2. The highest BCUT2D eigenvalue weighted by Gasteiger charge is 2.31. The average Bonchev–Trinajstić information content (AvgIpc) is 3.59. The van der Waals surface area contributed by atoms with Crippen LogP contribution >= 0.6 is 11.3 Å². The van der Waals surface area contributed by atoms with E-state index >= 15 is 0 Å². The Morgan fingerprint density at radius 2 is 1.76 bits per heavy atom. The third kappa shape index (κ3) is 4.13. The van der Waals surface area contributed by atoms with E-state index < -0.39 is 24.1 Å². The molecule has 5 aromatic rings. The van der Waals surface area contributed by atoms with Crippen LogP contribution in [0.1, 0.15) is 43.1 Å². The van der Waals surface area contributed by atoms with Crippen LogP contribution in [0.5, 0.6) is 5.75 Å². The number of nitrogens with one attached hydrogen (secondary N) is 2. The van der Waals surface area contributed by atoms with Crippen LogP contribution in [0.2, 0.25) is 0 Å². The number of carboxylic acids is 1. The lowest BCUT2D eigenvalue weighted by Crippen LogP contribution is -1.98. The second-order valence-corrected chi connectivity index (χ2v) is 9.78. The Morgan fingerprint density at radius 1 is 1.00 bits per heavy atom. The minimum Gasteiger partial charge on any atom is -0.506 e. The number of aromatic carboxylic acids is 1. The number of aliphatic hydroxyl groups excluding tert-OH is 2. The van der Waals surface area contributed by atoms with Crippen molar-refractivity contribution in [2.45, 2.75) is 20.0 Å². The standard InChI is InChI=1S/C28H24N2O6S/c1-14(12-31)9-10-15-5-4-7-16-18(11-29-23(15)16)24(33)27-25(34)22(26(37-27)28(35)36)21-17-6-2-3-8-19(17)30-20(21)13-32/h2-9,11,29-32,34H,10,12-13H2,1H3,(H,35,36). The molecule has 3 heterocycles. The fourth-order valence-electron chi connectivity index (χ4n) is 4.61. The normalized spacial score (nSPS) is 12.0. The highest BCUT2D eigenvalue weighted by Crippen LogP contribution is 2.47. The molecule has 37 heavy (non-hydrogen) atoms. The molecule has 5 rings (SSSR count). The molecule has 8 nitrogen and oxygen atoms in total. The zero-order valence-electron chi connectivity index (χ0n) is 19.8. The minimum absolute atomic E-state index is 0.00694. The zero-order chi connectivity index (χ0) is 26.3. The Bertz CT molecular complexity index is 1700. The van der Waals surface area contributed by atoms with E-state index in [0.717, 1.165) is 16.7 Å². The maximum Gasteiger partial charge on any atom is 0.346 e. The predicted octanol–water partition coefficient (Wildman–Crippen LogP) is 4.99. The summed E-state index contributed by atoms with van der Waals surface area (Å²) in [5, 5.41) is 41.7. The van der Waals surface area contributed by atoms with Gasteiger partial charge in [-0.2, -0.15) is 0 Å². The van der Waals surface area contributed by atoms with Crippen molar-refractivity contribution in [3.8, 4) is 16.9 Å². The van der Waals surface area contributed by atoms with Crippen molar-refractivity contribution in [2.75, 3.05) is 6.61 Å². The summed E-state index contributed by atoms with van der Waals surface area (Å²) in [6, 6.07) is 12.7. The smallest absolute Gasteiger partial charge is 0.346 e. The van der Waals surface area contributed by atoms with Crippen molar-refractivity contribution in [1.82, 2.24) is 9.97 Å². The number of aliphatic hydroxyl groups is 2. The molecule has 0 saturated heterocycles. The molecular weight excluding hydrogens is 492 g/mol. The molecule has 0 aliphatic heterocycles. The summed E-state index contributed by atoms with van der Waals surface area (Å²) in [5.74, 6) is -2.22. The topological polar surface area (TPSA) is 147 Å². The third-order valence-electron chi connectivity index (χ3n) is 6.44. The predicted molar refractivity (Wildman–Crippen MR) is 142 cm³/mol. The highest BCUT2D eigenvalue weighted by molar-refractivity contribution is 7.17. The molecule has 0 bridgehead atoms. The number of allylic oxidation sites excluding steroid dienone is 1. The first-order valence-electron chi connectivity index (χ1n) is 11.6. The number of carboxylic acid groups (broad SMARTS) is 1. The van der Waals surface area contributed by atoms with Gasteiger partial charge in [0, 0.05) is 44.8 Å². The van der Waals surface area contributed by atoms with Crippen molar-refractivity contribution in [3.63, 3.8) is 0 Å². The lowest BCUT2D eigenvalue weighted by atomic mass is 9.99. The number of aromatic amines is 2. The van der Waals surface area contributed by atoms with Gasteiger partial charge in [-0.25, -0.2) is 4.79 Å². The van der Waals surface area contributed by atoms with Crippen molar-refractivity contribution in [1.29, 1.82) is 0 Å². The maximum absolute atomic E-state index is 13.7.